The molecule has 0 fully saturated rings. The molecular formula is C9H3Cl3FNO2S. The first kappa shape index (κ1) is 12.8. The van der Waals surface area contributed by atoms with E-state index in [9.17, 15) is 12.8 Å². The largest absolute Gasteiger partial charge is 0.265 e. The van der Waals surface area contributed by atoms with E-state index in [0.29, 0.717) is 0 Å². The molecule has 0 aliphatic heterocycles. The minimum Gasteiger partial charge on any atom is -0.231 e. The Bertz CT molecular complexity index is 718. The van der Waals surface area contributed by atoms with Gasteiger partial charge in [0.15, 0.2) is 5.15 Å². The molecule has 3 nitrogen and oxygen atoms in total. The summed E-state index contributed by atoms with van der Waals surface area (Å²) in [7, 11) is 1.03. The van der Waals surface area contributed by atoms with Gasteiger partial charge >= 0.3 is 0 Å². The summed E-state index contributed by atoms with van der Waals surface area (Å²) in [6, 6.07) is 3.97. The van der Waals surface area contributed by atoms with E-state index < -0.39 is 24.9 Å². The van der Waals surface area contributed by atoms with E-state index in [-0.39, 0.29) is 15.9 Å². The average Bonchev–Trinajstić information content (AvgIpc) is 2.17. The van der Waals surface area contributed by atoms with Crippen LogP contribution in [0.5, 0.6) is 0 Å². The van der Waals surface area contributed by atoms with Crippen LogP contribution in [0, 0.1) is 5.82 Å². The van der Waals surface area contributed by atoms with Crippen molar-refractivity contribution in [3.05, 3.63) is 34.2 Å². The van der Waals surface area contributed by atoms with Crippen LogP contribution in [0.1, 0.15) is 0 Å². The highest BCUT2D eigenvalue weighted by atomic mass is 35.7. The molecule has 0 aliphatic carbocycles. The summed E-state index contributed by atoms with van der Waals surface area (Å²) < 4.78 is 35.9. The van der Waals surface area contributed by atoms with Gasteiger partial charge in [-0.1, -0.05) is 35.3 Å². The molecular weight excluding hydrogens is 312 g/mol. The van der Waals surface area contributed by atoms with Gasteiger partial charge in [0.1, 0.15) is 16.2 Å². The topological polar surface area (TPSA) is 47.0 Å². The van der Waals surface area contributed by atoms with Gasteiger partial charge in [0.25, 0.3) is 9.05 Å². The van der Waals surface area contributed by atoms with Gasteiger partial charge in [-0.3, -0.25) is 0 Å². The van der Waals surface area contributed by atoms with E-state index in [0.717, 1.165) is 6.07 Å². The van der Waals surface area contributed by atoms with Gasteiger partial charge in [-0.2, -0.15) is 0 Å². The first-order valence-electron chi connectivity index (χ1n) is 4.20. The number of pyridine rings is 1. The number of hydrogen-bond acceptors (Lipinski definition) is 3. The molecule has 0 saturated carbocycles. The van der Waals surface area contributed by atoms with Gasteiger partial charge in [-0.25, -0.2) is 17.8 Å². The predicted molar refractivity (Wildman–Crippen MR) is 64.8 cm³/mol. The van der Waals surface area contributed by atoms with Crippen LogP contribution in [0.4, 0.5) is 4.39 Å². The van der Waals surface area contributed by atoms with Crippen LogP contribution in [0.15, 0.2) is 23.1 Å². The van der Waals surface area contributed by atoms with E-state index in [1.165, 1.54) is 12.1 Å². The lowest BCUT2D eigenvalue weighted by Crippen LogP contribution is -1.98. The van der Waals surface area contributed by atoms with Crippen LogP contribution in [0.2, 0.25) is 10.2 Å². The monoisotopic (exact) mass is 313 g/mol. The Hall–Kier alpha value is -0.620. The molecule has 2 aromatic rings. The predicted octanol–water partition coefficient (Wildman–Crippen LogP) is 3.61. The molecule has 0 saturated heterocycles. The van der Waals surface area contributed by atoms with Crippen LogP contribution in [0.25, 0.3) is 10.9 Å². The maximum atomic E-state index is 13.4. The molecule has 90 valence electrons. The first-order valence-corrected chi connectivity index (χ1v) is 7.27. The molecule has 0 atom stereocenters. The molecule has 1 aromatic carbocycles. The molecule has 0 N–H and O–H groups in total. The number of hydrogen-bond donors (Lipinski definition) is 0. The fraction of sp³-hybridized carbons (Fsp3) is 0. The van der Waals surface area contributed by atoms with Crippen LogP contribution >= 0.6 is 33.9 Å². The van der Waals surface area contributed by atoms with Gasteiger partial charge in [0.05, 0.1) is 5.02 Å². The molecule has 0 amide bonds. The third kappa shape index (κ3) is 2.20. The third-order valence-corrected chi connectivity index (χ3v) is 4.30. The second-order valence-corrected chi connectivity index (χ2v) is 6.36. The Labute approximate surface area is 111 Å². The number of halogens is 4. The van der Waals surface area contributed by atoms with Gasteiger partial charge in [0.2, 0.25) is 0 Å². The third-order valence-electron chi connectivity index (χ3n) is 2.06. The molecule has 0 unspecified atom stereocenters. The SMILES string of the molecule is O=S(=O)(Cl)c1c(Cl)nc2c(F)cccc2c1Cl. The van der Waals surface area contributed by atoms with Crippen molar-refractivity contribution in [2.24, 2.45) is 0 Å². The van der Waals surface area contributed by atoms with E-state index in [4.69, 9.17) is 33.9 Å². The summed E-state index contributed by atoms with van der Waals surface area (Å²) in [5.41, 5.74) is -0.105. The Morgan fingerprint density at radius 2 is 1.88 bits per heavy atom. The van der Waals surface area contributed by atoms with Crippen molar-refractivity contribution in [1.29, 1.82) is 0 Å². The van der Waals surface area contributed by atoms with Gasteiger partial charge in [-0.15, -0.1) is 0 Å². The Morgan fingerprint density at radius 3 is 2.47 bits per heavy atom. The van der Waals surface area contributed by atoms with Gasteiger partial charge in [-0.05, 0) is 6.07 Å². The van der Waals surface area contributed by atoms with E-state index in [1.807, 2.05) is 0 Å². The second-order valence-electron chi connectivity index (χ2n) is 3.12. The van der Waals surface area contributed by atoms with Crippen LogP contribution in [0.3, 0.4) is 0 Å². The Kier molecular flexibility index (Phi) is 3.20. The summed E-state index contributed by atoms with van der Waals surface area (Å²) in [4.78, 5) is 3.13. The standard InChI is InChI=1S/C9H3Cl3FNO2S/c10-6-4-2-1-3-5(13)7(4)14-9(11)8(6)17(12,15)16/h1-3H. The highest BCUT2D eigenvalue weighted by molar-refractivity contribution is 8.14. The average molecular weight is 315 g/mol. The van der Waals surface area contributed by atoms with Crippen molar-refractivity contribution in [3.63, 3.8) is 0 Å². The molecule has 1 aromatic heterocycles. The van der Waals surface area contributed by atoms with Crippen molar-refractivity contribution >= 4 is 53.8 Å². The van der Waals surface area contributed by atoms with Crippen LogP contribution < -0.4 is 0 Å². The molecule has 8 heteroatoms. The van der Waals surface area contributed by atoms with E-state index in [2.05, 4.69) is 4.98 Å². The first-order chi connectivity index (χ1) is 7.82. The van der Waals surface area contributed by atoms with E-state index in [1.54, 1.807) is 0 Å². The summed E-state index contributed by atoms with van der Waals surface area (Å²) in [5.74, 6) is -0.648. The van der Waals surface area contributed by atoms with Gasteiger partial charge in [0, 0.05) is 16.1 Å². The molecule has 17 heavy (non-hydrogen) atoms. The second kappa shape index (κ2) is 4.24. The van der Waals surface area contributed by atoms with Crippen molar-refractivity contribution in [2.75, 3.05) is 0 Å². The molecule has 1 heterocycles. The summed E-state index contributed by atoms with van der Waals surface area (Å²) in [6.07, 6.45) is 0. The fourth-order valence-electron chi connectivity index (χ4n) is 1.38. The molecule has 0 spiro atoms. The van der Waals surface area contributed by atoms with Crippen molar-refractivity contribution in [3.8, 4) is 0 Å². The summed E-state index contributed by atoms with van der Waals surface area (Å²) in [5, 5.41) is -0.563. The van der Waals surface area contributed by atoms with Crippen LogP contribution in [-0.4, -0.2) is 13.4 Å². The lowest BCUT2D eigenvalue weighted by atomic mass is 10.2. The summed E-state index contributed by atoms with van der Waals surface area (Å²) >= 11 is 11.5. The zero-order chi connectivity index (χ0) is 12.8. The van der Waals surface area contributed by atoms with Crippen molar-refractivity contribution in [2.45, 2.75) is 4.90 Å². The highest BCUT2D eigenvalue weighted by Crippen LogP contribution is 2.36. The molecule has 0 aliphatic rings. The van der Waals surface area contributed by atoms with E-state index >= 15 is 0 Å². The number of rotatable bonds is 1. The smallest absolute Gasteiger partial charge is 0.231 e. The van der Waals surface area contributed by atoms with Gasteiger partial charge < -0.3 is 0 Å². The Morgan fingerprint density at radius 1 is 1.24 bits per heavy atom. The number of aromatic nitrogens is 1. The quantitative estimate of drug-likeness (QED) is 0.597. The number of fused-ring (bicyclic) bond motifs is 1. The van der Waals surface area contributed by atoms with Crippen molar-refractivity contribution in [1.82, 2.24) is 4.98 Å². The normalized spacial score (nSPS) is 12.0. The summed E-state index contributed by atoms with van der Waals surface area (Å²) in [6.45, 7) is 0. The minimum atomic E-state index is -4.15. The number of para-hydroxylation sites is 1. The molecule has 2 rings (SSSR count). The molecule has 0 radical (unpaired) electrons. The maximum Gasteiger partial charge on any atom is 0.265 e. The zero-order valence-corrected chi connectivity index (χ0v) is 11.0. The molecule has 0 bridgehead atoms. The lowest BCUT2D eigenvalue weighted by molar-refractivity contribution is 0.609. The minimum absolute atomic E-state index is 0.105. The zero-order valence-electron chi connectivity index (χ0n) is 7.92. The highest BCUT2D eigenvalue weighted by Gasteiger charge is 2.23. The fourth-order valence-corrected chi connectivity index (χ4v) is 3.71. The number of nitrogens with zero attached hydrogens (tertiary/aromatic N) is 1. The number of benzene rings is 1. The van der Waals surface area contributed by atoms with Crippen molar-refractivity contribution < 1.29 is 12.8 Å². The van der Waals surface area contributed by atoms with Crippen LogP contribution in [-0.2, 0) is 9.05 Å². The maximum absolute atomic E-state index is 13.4. The Balaban J connectivity index is 3.01. The lowest BCUT2D eigenvalue weighted by Gasteiger charge is -2.07.